The summed E-state index contributed by atoms with van der Waals surface area (Å²) in [4.78, 5) is 49.3. The van der Waals surface area contributed by atoms with E-state index in [-0.39, 0.29) is 35.8 Å². The van der Waals surface area contributed by atoms with Crippen molar-refractivity contribution >= 4 is 23.8 Å². The Morgan fingerprint density at radius 1 is 0.917 bits per heavy atom. The Balaban J connectivity index is 1.87. The predicted octanol–water partition coefficient (Wildman–Crippen LogP) is 3.53. The first kappa shape index (κ1) is 28.1. The molecule has 1 unspecified atom stereocenters. The minimum Gasteiger partial charge on any atom is -0.444 e. The average molecular weight is 504 g/mol. The number of likely N-dealkylation sites (N-methyl/N-ethyl adjacent to an activating group) is 2. The first-order valence-corrected chi connectivity index (χ1v) is 10.9. The van der Waals surface area contributed by atoms with Crippen LogP contribution in [-0.2, 0) is 9.53 Å². The summed E-state index contributed by atoms with van der Waals surface area (Å²) < 4.78 is 15.3. The van der Waals surface area contributed by atoms with Crippen LogP contribution in [0.25, 0.3) is 0 Å². The topological polar surface area (TPSA) is 149 Å². The number of aliphatic hydroxyl groups excluding tert-OH is 1. The van der Waals surface area contributed by atoms with Gasteiger partial charge in [-0.25, -0.2) is 9.59 Å². The van der Waals surface area contributed by atoms with Crippen LogP contribution in [0.15, 0.2) is 48.5 Å². The van der Waals surface area contributed by atoms with Gasteiger partial charge in [-0.3, -0.25) is 14.9 Å². The van der Waals surface area contributed by atoms with Crippen LogP contribution in [0.3, 0.4) is 0 Å². The van der Waals surface area contributed by atoms with Crippen LogP contribution in [0.2, 0.25) is 0 Å². The van der Waals surface area contributed by atoms with Crippen LogP contribution in [0.4, 0.5) is 15.3 Å². The second-order valence-electron chi connectivity index (χ2n) is 8.84. The molecule has 12 nitrogen and oxygen atoms in total. The molecule has 2 aromatic carbocycles. The van der Waals surface area contributed by atoms with Gasteiger partial charge in [-0.1, -0.05) is 12.1 Å². The second-order valence-corrected chi connectivity index (χ2v) is 8.84. The summed E-state index contributed by atoms with van der Waals surface area (Å²) in [6.45, 7) is 5.63. The highest BCUT2D eigenvalue weighted by Crippen LogP contribution is 2.21. The molecule has 1 N–H and O–H groups in total. The molecule has 2 rings (SSSR count). The van der Waals surface area contributed by atoms with E-state index in [1.807, 2.05) is 0 Å². The maximum Gasteiger partial charge on any atom is 0.519 e. The number of benzene rings is 2. The highest BCUT2D eigenvalue weighted by Gasteiger charge is 2.24. The van der Waals surface area contributed by atoms with Crippen molar-refractivity contribution in [1.82, 2.24) is 9.80 Å². The van der Waals surface area contributed by atoms with E-state index in [4.69, 9.17) is 14.2 Å². The number of nitrogens with zero attached hydrogens (tertiary/aromatic N) is 3. The third-order valence-corrected chi connectivity index (χ3v) is 4.73. The maximum absolute atomic E-state index is 12.6. The highest BCUT2D eigenvalue weighted by molar-refractivity contribution is 5.82. The minimum atomic E-state index is -1.47. The van der Waals surface area contributed by atoms with Crippen molar-refractivity contribution in [3.05, 3.63) is 64.2 Å². The summed E-state index contributed by atoms with van der Waals surface area (Å²) in [5, 5.41) is 21.1. The quantitative estimate of drug-likeness (QED) is 0.247. The molecule has 0 saturated heterocycles. The molecule has 0 fully saturated rings. The number of aliphatic hydroxyl groups is 1. The average Bonchev–Trinajstić information content (AvgIpc) is 2.81. The summed E-state index contributed by atoms with van der Waals surface area (Å²) in [7, 11) is 3.05. The van der Waals surface area contributed by atoms with Crippen LogP contribution in [0.5, 0.6) is 11.5 Å². The van der Waals surface area contributed by atoms with Gasteiger partial charge in [0.25, 0.3) is 11.6 Å². The van der Waals surface area contributed by atoms with E-state index < -0.39 is 34.8 Å². The Morgan fingerprint density at radius 3 is 1.86 bits per heavy atom. The fraction of sp³-hybridized carbons (Fsp3) is 0.375. The number of carbonyl (C=O) groups excluding carboxylic acids is 3. The van der Waals surface area contributed by atoms with Crippen LogP contribution in [-0.4, -0.2) is 70.8 Å². The number of amides is 2. The zero-order valence-electron chi connectivity index (χ0n) is 20.7. The van der Waals surface area contributed by atoms with Crippen molar-refractivity contribution in [2.24, 2.45) is 0 Å². The Hall–Kier alpha value is -4.19. The Bertz CT molecular complexity index is 1080. The summed E-state index contributed by atoms with van der Waals surface area (Å²) >= 11 is 0. The first-order valence-electron chi connectivity index (χ1n) is 10.9. The smallest absolute Gasteiger partial charge is 0.444 e. The fourth-order valence-corrected chi connectivity index (χ4v) is 2.76. The highest BCUT2D eigenvalue weighted by atomic mass is 16.7. The molecular formula is C24H29N3O9. The van der Waals surface area contributed by atoms with Crippen LogP contribution in [0.1, 0.15) is 32.4 Å². The molecule has 0 aliphatic carbocycles. The van der Waals surface area contributed by atoms with Gasteiger partial charge in [0, 0.05) is 39.3 Å². The lowest BCUT2D eigenvalue weighted by Gasteiger charge is -2.27. The standard InChI is InChI=1S/C24H29N3O9/c1-24(2,3)36-22(30)26(5)15-14-25(4)21(29)20(28)16-6-10-18(11-7-16)34-23(31)35-19-12-8-17(9-13-19)27(32)33/h6-13,20,28H,14-15H2,1-5H3. The Morgan fingerprint density at radius 2 is 1.39 bits per heavy atom. The lowest BCUT2D eigenvalue weighted by Crippen LogP contribution is -2.41. The molecule has 0 bridgehead atoms. The molecule has 0 saturated carbocycles. The van der Waals surface area contributed by atoms with Gasteiger partial charge in [0.2, 0.25) is 0 Å². The molecule has 0 spiro atoms. The van der Waals surface area contributed by atoms with E-state index in [1.54, 1.807) is 27.8 Å². The zero-order valence-corrected chi connectivity index (χ0v) is 20.7. The van der Waals surface area contributed by atoms with Gasteiger partial charge < -0.3 is 29.1 Å². The molecule has 12 heteroatoms. The van der Waals surface area contributed by atoms with Gasteiger partial charge in [-0.05, 0) is 50.6 Å². The lowest BCUT2D eigenvalue weighted by atomic mass is 10.1. The number of rotatable bonds is 8. The van der Waals surface area contributed by atoms with E-state index >= 15 is 0 Å². The molecule has 0 radical (unpaired) electrons. The zero-order chi connectivity index (χ0) is 27.0. The van der Waals surface area contributed by atoms with Crippen molar-refractivity contribution in [3.8, 4) is 11.5 Å². The van der Waals surface area contributed by atoms with Crippen LogP contribution in [0, 0.1) is 10.1 Å². The van der Waals surface area contributed by atoms with Crippen LogP contribution >= 0.6 is 0 Å². The molecule has 2 aromatic rings. The number of non-ortho nitro benzene ring substituents is 1. The molecule has 0 aliphatic heterocycles. The monoisotopic (exact) mass is 503 g/mol. The molecule has 2 amide bonds. The number of carbonyl (C=O) groups is 3. The third-order valence-electron chi connectivity index (χ3n) is 4.73. The van der Waals surface area contributed by atoms with Crippen molar-refractivity contribution in [2.75, 3.05) is 27.2 Å². The van der Waals surface area contributed by atoms with E-state index in [1.165, 1.54) is 65.4 Å². The Kier molecular flexibility index (Phi) is 9.33. The summed E-state index contributed by atoms with van der Waals surface area (Å²) in [5.74, 6) is -0.430. The van der Waals surface area contributed by atoms with Crippen molar-refractivity contribution in [3.63, 3.8) is 0 Å². The first-order chi connectivity index (χ1) is 16.8. The van der Waals surface area contributed by atoms with Gasteiger partial charge in [-0.15, -0.1) is 0 Å². The van der Waals surface area contributed by atoms with Crippen molar-refractivity contribution in [1.29, 1.82) is 0 Å². The molecule has 194 valence electrons. The fourth-order valence-electron chi connectivity index (χ4n) is 2.76. The molecule has 0 heterocycles. The van der Waals surface area contributed by atoms with Gasteiger partial charge in [0.1, 0.15) is 17.1 Å². The summed E-state index contributed by atoms with van der Waals surface area (Å²) in [6.07, 6.45) is -3.06. The number of hydrogen-bond acceptors (Lipinski definition) is 9. The van der Waals surface area contributed by atoms with E-state index in [9.17, 15) is 29.6 Å². The normalized spacial score (nSPS) is 11.7. The molecular weight excluding hydrogens is 474 g/mol. The number of hydrogen-bond donors (Lipinski definition) is 1. The van der Waals surface area contributed by atoms with E-state index in [0.717, 1.165) is 0 Å². The Labute approximate surface area is 208 Å². The molecule has 1 atom stereocenters. The lowest BCUT2D eigenvalue weighted by molar-refractivity contribution is -0.384. The van der Waals surface area contributed by atoms with Gasteiger partial charge in [0.15, 0.2) is 6.10 Å². The minimum absolute atomic E-state index is 0.0589. The molecule has 0 aliphatic rings. The number of ether oxygens (including phenoxy) is 3. The summed E-state index contributed by atoms with van der Waals surface area (Å²) in [5.41, 5.74) is -0.524. The number of nitro benzene ring substituents is 1. The van der Waals surface area contributed by atoms with Gasteiger partial charge in [-0.2, -0.15) is 0 Å². The van der Waals surface area contributed by atoms with E-state index in [2.05, 4.69) is 0 Å². The van der Waals surface area contributed by atoms with Gasteiger partial charge >= 0.3 is 12.2 Å². The number of nitro groups is 1. The largest absolute Gasteiger partial charge is 0.519 e. The second kappa shape index (κ2) is 12.0. The maximum atomic E-state index is 12.6. The molecule has 36 heavy (non-hydrogen) atoms. The van der Waals surface area contributed by atoms with Crippen molar-refractivity contribution < 1.29 is 38.6 Å². The van der Waals surface area contributed by atoms with Crippen LogP contribution < -0.4 is 9.47 Å². The SMILES string of the molecule is CN(CCN(C)C(=O)C(O)c1ccc(OC(=O)Oc2ccc([N+](=O)[O-])cc2)cc1)C(=O)OC(C)(C)C. The predicted molar refractivity (Wildman–Crippen MR) is 128 cm³/mol. The molecule has 0 aromatic heterocycles. The third kappa shape index (κ3) is 8.55. The van der Waals surface area contributed by atoms with E-state index in [0.29, 0.717) is 0 Å². The summed E-state index contributed by atoms with van der Waals surface area (Å²) in [6, 6.07) is 10.5. The van der Waals surface area contributed by atoms with Gasteiger partial charge in [0.05, 0.1) is 4.92 Å². The van der Waals surface area contributed by atoms with Crippen molar-refractivity contribution in [2.45, 2.75) is 32.5 Å².